The van der Waals surface area contributed by atoms with Crippen molar-refractivity contribution in [3.05, 3.63) is 0 Å². The van der Waals surface area contributed by atoms with Crippen LogP contribution in [0.2, 0.25) is 0 Å². The van der Waals surface area contributed by atoms with E-state index >= 15 is 0 Å². The molecule has 1 fully saturated rings. The normalized spacial score (nSPS) is 26.9. The molecule has 3 N–H and O–H groups in total. The van der Waals surface area contributed by atoms with Crippen molar-refractivity contribution < 1.29 is 57.3 Å². The van der Waals surface area contributed by atoms with Gasteiger partial charge in [0.1, 0.15) is 24.2 Å². The number of ether oxygens (including phenoxy) is 4. The van der Waals surface area contributed by atoms with E-state index in [1.807, 2.05) is 27.7 Å². The van der Waals surface area contributed by atoms with Crippen molar-refractivity contribution in [2.24, 2.45) is 0 Å². The van der Waals surface area contributed by atoms with Crippen LogP contribution >= 0.6 is 0 Å². The van der Waals surface area contributed by atoms with Crippen molar-refractivity contribution in [1.82, 2.24) is 20.9 Å². The van der Waals surface area contributed by atoms with Crippen LogP contribution in [-0.4, -0.2) is 108 Å². The predicted octanol–water partition coefficient (Wildman–Crippen LogP) is 4.33. The van der Waals surface area contributed by atoms with Crippen LogP contribution < -0.4 is 16.0 Å². The van der Waals surface area contributed by atoms with Crippen molar-refractivity contribution in [2.75, 3.05) is 7.05 Å². The smallest absolute Gasteiger partial charge is 0.329 e. The van der Waals surface area contributed by atoms with E-state index in [1.165, 1.54) is 34.7 Å². The van der Waals surface area contributed by atoms with Crippen LogP contribution in [0.5, 0.6) is 0 Å². The summed E-state index contributed by atoms with van der Waals surface area (Å²) in [5.41, 5.74) is 0. The maximum atomic E-state index is 13.8. The first-order chi connectivity index (χ1) is 27.0. The van der Waals surface area contributed by atoms with E-state index < -0.39 is 96.1 Å². The monoisotopic (exact) mass is 810 g/mol. The van der Waals surface area contributed by atoms with E-state index in [0.717, 1.165) is 56.3 Å². The fourth-order valence-corrected chi connectivity index (χ4v) is 5.92. The first-order valence-electron chi connectivity index (χ1n) is 21.0. The molecule has 0 unspecified atom stereocenters. The lowest BCUT2D eigenvalue weighted by Crippen LogP contribution is -2.52. The number of carbonyl (C=O) groups excluding carboxylic acids is 8. The fourth-order valence-electron chi connectivity index (χ4n) is 5.92. The Balaban J connectivity index is 3.62. The SMILES string of the molecule is CCCCC[C@@H]1OC(=O)[C@@H](C)N(C)C(=O)[C@H](CCCCC)OC(=O)[C@@H](C)NC(=O)[C@H](CCCCC)OC(=O)[C@@H](C)NC(=O)[C@H](CCCCC)OC(=O)[C@@H](C)NC1=O. The van der Waals surface area contributed by atoms with Gasteiger partial charge in [-0.2, -0.15) is 0 Å². The second kappa shape index (κ2) is 27.4. The first-order valence-corrected chi connectivity index (χ1v) is 21.0. The first kappa shape index (κ1) is 50.8. The molecule has 0 aliphatic carbocycles. The summed E-state index contributed by atoms with van der Waals surface area (Å²) < 4.78 is 22.5. The molecular weight excluding hydrogens is 740 g/mol. The third-order valence-electron chi connectivity index (χ3n) is 9.87. The van der Waals surface area contributed by atoms with Gasteiger partial charge in [-0.15, -0.1) is 0 Å². The molecule has 326 valence electrons. The Morgan fingerprint density at radius 2 is 0.684 bits per heavy atom. The minimum atomic E-state index is -1.32. The number of cyclic esters (lactones) is 4. The topological polar surface area (TPSA) is 213 Å². The number of unbranched alkanes of at least 4 members (excludes halogenated alkanes) is 8. The maximum Gasteiger partial charge on any atom is 0.329 e. The zero-order valence-corrected chi connectivity index (χ0v) is 35.8. The molecule has 1 rings (SSSR count). The van der Waals surface area contributed by atoms with Crippen LogP contribution in [0.4, 0.5) is 0 Å². The summed E-state index contributed by atoms with van der Waals surface area (Å²) in [5, 5.41) is 7.59. The number of likely N-dealkylation sites (N-methyl/N-ethyl adjacent to an activating group) is 1. The molecule has 1 aliphatic heterocycles. The Bertz CT molecular complexity index is 1330. The van der Waals surface area contributed by atoms with Gasteiger partial charge in [0.15, 0.2) is 24.4 Å². The van der Waals surface area contributed by atoms with Crippen LogP contribution in [0.1, 0.15) is 158 Å². The third-order valence-corrected chi connectivity index (χ3v) is 9.87. The van der Waals surface area contributed by atoms with Gasteiger partial charge < -0.3 is 39.8 Å². The minimum Gasteiger partial charge on any atom is -0.451 e. The van der Waals surface area contributed by atoms with Gasteiger partial charge in [-0.25, -0.2) is 19.2 Å². The van der Waals surface area contributed by atoms with E-state index in [9.17, 15) is 38.4 Å². The molecule has 0 aromatic heterocycles. The Morgan fingerprint density at radius 1 is 0.421 bits per heavy atom. The average Bonchev–Trinajstić information content (AvgIpc) is 3.17. The van der Waals surface area contributed by atoms with E-state index in [-0.39, 0.29) is 25.7 Å². The molecule has 16 nitrogen and oxygen atoms in total. The zero-order chi connectivity index (χ0) is 43.1. The van der Waals surface area contributed by atoms with Gasteiger partial charge in [-0.1, -0.05) is 79.1 Å². The van der Waals surface area contributed by atoms with Crippen LogP contribution in [-0.2, 0) is 57.3 Å². The summed E-state index contributed by atoms with van der Waals surface area (Å²) in [4.78, 5) is 109. The number of nitrogens with zero attached hydrogens (tertiary/aromatic N) is 1. The fraction of sp³-hybridized carbons (Fsp3) is 0.805. The molecule has 0 bridgehead atoms. The highest BCUT2D eigenvalue weighted by atomic mass is 16.6. The lowest BCUT2D eigenvalue weighted by molar-refractivity contribution is -0.169. The Morgan fingerprint density at radius 3 is 0.982 bits per heavy atom. The van der Waals surface area contributed by atoms with Crippen LogP contribution in [0, 0.1) is 0 Å². The van der Waals surface area contributed by atoms with Gasteiger partial charge >= 0.3 is 23.9 Å². The molecule has 57 heavy (non-hydrogen) atoms. The highest BCUT2D eigenvalue weighted by molar-refractivity contribution is 5.94. The van der Waals surface area contributed by atoms with Crippen molar-refractivity contribution in [3.63, 3.8) is 0 Å². The summed E-state index contributed by atoms with van der Waals surface area (Å²) >= 11 is 0. The van der Waals surface area contributed by atoms with E-state index in [2.05, 4.69) is 16.0 Å². The number of esters is 4. The number of nitrogens with one attached hydrogen (secondary N) is 3. The molecule has 1 heterocycles. The van der Waals surface area contributed by atoms with Gasteiger partial charge in [-0.05, 0) is 79.1 Å². The zero-order valence-electron chi connectivity index (χ0n) is 35.8. The molecule has 1 aliphatic rings. The molecule has 8 atom stereocenters. The Kier molecular flexibility index (Phi) is 24.4. The second-order valence-corrected chi connectivity index (χ2v) is 15.0. The largest absolute Gasteiger partial charge is 0.451 e. The van der Waals surface area contributed by atoms with Crippen molar-refractivity contribution in [1.29, 1.82) is 0 Å². The average molecular weight is 811 g/mol. The molecule has 0 spiro atoms. The summed E-state index contributed by atoms with van der Waals surface area (Å²) in [6.45, 7) is 13.4. The summed E-state index contributed by atoms with van der Waals surface area (Å²) in [6, 6.07) is -4.99. The number of hydrogen-bond donors (Lipinski definition) is 3. The van der Waals surface area contributed by atoms with Crippen molar-refractivity contribution in [2.45, 2.75) is 207 Å². The van der Waals surface area contributed by atoms with Gasteiger partial charge in [-0.3, -0.25) is 19.2 Å². The highest BCUT2D eigenvalue weighted by Gasteiger charge is 2.37. The van der Waals surface area contributed by atoms with E-state index in [1.54, 1.807) is 0 Å². The van der Waals surface area contributed by atoms with E-state index in [0.29, 0.717) is 25.7 Å². The number of carbonyl (C=O) groups is 8. The van der Waals surface area contributed by atoms with Gasteiger partial charge in [0, 0.05) is 7.05 Å². The molecule has 0 aromatic rings. The quantitative estimate of drug-likeness (QED) is 0.113. The Hall–Kier alpha value is -4.24. The summed E-state index contributed by atoms with van der Waals surface area (Å²) in [7, 11) is 1.36. The lowest BCUT2D eigenvalue weighted by Gasteiger charge is -2.30. The van der Waals surface area contributed by atoms with Crippen LogP contribution in [0.3, 0.4) is 0 Å². The van der Waals surface area contributed by atoms with Gasteiger partial charge in [0.25, 0.3) is 23.6 Å². The maximum absolute atomic E-state index is 13.8. The third kappa shape index (κ3) is 18.3. The van der Waals surface area contributed by atoms with Crippen molar-refractivity contribution in [3.8, 4) is 0 Å². The molecule has 16 heteroatoms. The minimum absolute atomic E-state index is 0.130. The molecule has 0 saturated carbocycles. The predicted molar refractivity (Wildman–Crippen MR) is 211 cm³/mol. The summed E-state index contributed by atoms with van der Waals surface area (Å²) in [5.74, 6) is -6.64. The molecule has 0 radical (unpaired) electrons. The molecule has 1 saturated heterocycles. The molecular formula is C41H70N4O12. The lowest BCUT2D eigenvalue weighted by atomic mass is 10.1. The van der Waals surface area contributed by atoms with Gasteiger partial charge in [0.05, 0.1) is 0 Å². The summed E-state index contributed by atoms with van der Waals surface area (Å²) in [6.07, 6.45) is 3.54. The second-order valence-electron chi connectivity index (χ2n) is 15.0. The van der Waals surface area contributed by atoms with Crippen LogP contribution in [0.15, 0.2) is 0 Å². The van der Waals surface area contributed by atoms with Crippen LogP contribution in [0.25, 0.3) is 0 Å². The number of rotatable bonds is 16. The molecule has 0 aromatic carbocycles. The van der Waals surface area contributed by atoms with E-state index in [4.69, 9.17) is 18.9 Å². The Labute approximate surface area is 338 Å². The van der Waals surface area contributed by atoms with Gasteiger partial charge in [0.2, 0.25) is 0 Å². The van der Waals surface area contributed by atoms with Crippen molar-refractivity contribution >= 4 is 47.5 Å². The number of hydrogen-bond acceptors (Lipinski definition) is 12. The number of amides is 4. The highest BCUT2D eigenvalue weighted by Crippen LogP contribution is 2.17. The standard InChI is InChI=1S/C41H70N4O12/c1-10-14-18-22-30-34(46)42-26(5)38(50)55-31(23-19-15-11-2)35(47)44-28(7)40(52)57-33(25-21-17-13-4)37(49)45(9)29(8)41(53)56-32(24-20-16-12-3)36(48)43-27(6)39(51)54-30/h26-33H,10-25H2,1-9H3,(H,42,46)(H,43,48)(H,44,47)/t26-,27-,28-,29-,30+,31+,32+,33+/m1/s1. The molecule has 4 amide bonds.